The highest BCUT2D eigenvalue weighted by Gasteiger charge is 2.63. The summed E-state index contributed by atoms with van der Waals surface area (Å²) in [5, 5.41) is 354. The zero-order valence-electron chi connectivity index (χ0n) is 72.8. The Kier molecular flexibility index (Phi) is 39.1. The van der Waals surface area contributed by atoms with Crippen molar-refractivity contribution in [2.45, 2.75) is 372 Å². The minimum absolute atomic E-state index is 0.584. The maximum Gasteiger partial charge on any atom is 0.364 e. The van der Waals surface area contributed by atoms with E-state index in [0.717, 1.165) is 0 Å². The Morgan fingerprint density at radius 3 is 0.940 bits per heavy atom. The van der Waals surface area contributed by atoms with Crippen molar-refractivity contribution in [2.75, 3.05) is 72.7 Å². The van der Waals surface area contributed by atoms with Gasteiger partial charge < -0.3 is 274 Å². The van der Waals surface area contributed by atoms with Gasteiger partial charge in [-0.1, -0.05) is 27.7 Å². The SMILES string of the molecule is CC1C(O)[C@H](O[C@@H]2OC(CO[C@]3(C(=O)O)C[C@@H](O)[C@@H](N)C([C@H](O)C(O)CO)O3)[C@H](O)C(O)C2O)[C@H](CO)O[C@H]1O[C@@H]1C(O)[C@H](O)C(CO)O[C@@H]1OCC1O[C@@H](O[C@@H]2C(CO)O[C@@H](O[C@@H]3C(CO)O[C@@H](C)C(C)C3O)[C@@H](C)C2O)[C@H](O)C(O[C@H]2O[C@H](CO)[C@@H](O)C(O)C2O[C@@H]2OC(CO)[C@@H](O[C@@H]3OC(CO[C@]4(C(=O)O)C[C@@H](O)[C@@H](N)C([C@H](O)C(O)CO)O4)[C@H](O)C(O)[C@@H]3O)C(O)[C@@H]2C)[C@@H]1O. The summed E-state index contributed by atoms with van der Waals surface area (Å²) in [4.78, 5) is 25.7. The van der Waals surface area contributed by atoms with Crippen molar-refractivity contribution in [2.24, 2.45) is 35.1 Å². The third kappa shape index (κ3) is 23.1. The summed E-state index contributed by atoms with van der Waals surface area (Å²) >= 11 is 0. The zero-order valence-corrected chi connectivity index (χ0v) is 72.8. The molecule has 0 aliphatic carbocycles. The fourth-order valence-corrected chi connectivity index (χ4v) is 18.0. The monoisotopic (exact) mass is 1960 g/mol. The molecule has 11 saturated heterocycles. The third-order valence-corrected chi connectivity index (χ3v) is 26.8. The van der Waals surface area contributed by atoms with Gasteiger partial charge >= 0.3 is 11.9 Å². The van der Waals surface area contributed by atoms with E-state index in [1.165, 1.54) is 20.8 Å². The largest absolute Gasteiger partial charge is 0.477 e. The van der Waals surface area contributed by atoms with Gasteiger partial charge in [0.2, 0.25) is 0 Å². The number of nitrogens with two attached hydrogens (primary N) is 2. The van der Waals surface area contributed by atoms with Gasteiger partial charge in [0.05, 0.1) is 127 Å². The van der Waals surface area contributed by atoms with Crippen molar-refractivity contribution >= 4 is 11.9 Å². The van der Waals surface area contributed by atoms with E-state index in [9.17, 15) is 173 Å². The summed E-state index contributed by atoms with van der Waals surface area (Å²) in [5.74, 6) is -14.7. The molecule has 0 amide bonds. The summed E-state index contributed by atoms with van der Waals surface area (Å²) in [7, 11) is 0. The number of aliphatic hydroxyl groups excluding tert-OH is 30. The molecule has 0 aromatic carbocycles. The van der Waals surface area contributed by atoms with Crippen molar-refractivity contribution in [1.82, 2.24) is 0 Å². The molecule has 11 fully saturated rings. The molecule has 0 aromatic heterocycles. The molecule has 11 rings (SSSR count). The van der Waals surface area contributed by atoms with E-state index in [2.05, 4.69) is 0 Å². The lowest BCUT2D eigenvalue weighted by atomic mass is 9.88. The first-order valence-electron chi connectivity index (χ1n) is 43.7. The van der Waals surface area contributed by atoms with Crippen LogP contribution in [0.5, 0.6) is 0 Å². The van der Waals surface area contributed by atoms with Gasteiger partial charge in [-0.25, -0.2) is 9.59 Å². The lowest BCUT2D eigenvalue weighted by Crippen LogP contribution is -2.68. The molecule has 0 saturated carbocycles. The molecule has 780 valence electrons. The Morgan fingerprint density at radius 1 is 0.306 bits per heavy atom. The van der Waals surface area contributed by atoms with Crippen LogP contribution >= 0.6 is 0 Å². The van der Waals surface area contributed by atoms with E-state index in [1.54, 1.807) is 13.8 Å². The van der Waals surface area contributed by atoms with Crippen LogP contribution in [-0.4, -0.2) is 572 Å². The van der Waals surface area contributed by atoms with Gasteiger partial charge in [-0.3, -0.25) is 0 Å². The first kappa shape index (κ1) is 111. The second kappa shape index (κ2) is 47.1. The van der Waals surface area contributed by atoms with Crippen LogP contribution in [0.25, 0.3) is 0 Å². The second-order valence-electron chi connectivity index (χ2n) is 35.7. The highest BCUT2D eigenvalue weighted by Crippen LogP contribution is 2.44. The van der Waals surface area contributed by atoms with E-state index >= 15 is 0 Å². The normalized spacial score (nSPS) is 50.9. The summed E-state index contributed by atoms with van der Waals surface area (Å²) in [6, 6.07) is -3.17. The number of aliphatic carboxylic acids is 2. The Labute approximate surface area is 761 Å². The van der Waals surface area contributed by atoms with Crippen molar-refractivity contribution in [3.05, 3.63) is 0 Å². The van der Waals surface area contributed by atoms with Crippen molar-refractivity contribution in [1.29, 1.82) is 0 Å². The molecule has 0 bridgehead atoms. The standard InChI is InChI=1S/C77H132N2O55/c1-19-23(5)117-30(12-84)57(39(19)92)126-66-20(2)40(93)60(33(15-87)120-66)129-71-56(109)63(130-73-65(53(106)46(99)29(11-83)119-73)132-68-22(4)42(95)59(32(14-86)122-68)128-70-55(108)51(104)48(101)36(125-70)18-116-77(75(112)113)7-25(89)38(79)62(134-77)44(97)27(91)9-81)49(102)34(123-71)16-114-72-64(52(105)45(98)28(10-82)118-72)131-67-21(3)41(94)58(31(13-85)121-67)127-69-54(107)50(103)47(100)35(124-69)17-115-76(74(110)111)6-24(88)37(78)61(133-76)43(96)26(90)8-80/h19-73,80-109H,6-18,78-79H2,1-5H3,(H,110,111)(H,112,113)/t19?,20-,21?,22-,23-,24+,25+,26?,27?,28?,29+,30?,31-,32?,33?,34?,35?,36?,37+,38+,39?,40?,41?,42?,43+,44+,45+,46+,47-,48-,49+,50?,51?,52?,53?,54?,55-,56+,57+,58+,59+,60+,61?,62?,63?,64+,65?,66-,67-,68-,69-,70-,71-,72-,73+,76+,77+/m0/s1. The Bertz CT molecular complexity index is 3610. The van der Waals surface area contributed by atoms with Crippen LogP contribution in [0.2, 0.25) is 0 Å². The number of carboxylic acid groups (broad SMARTS) is 2. The third-order valence-electron chi connectivity index (χ3n) is 26.8. The van der Waals surface area contributed by atoms with Crippen LogP contribution in [0.4, 0.5) is 0 Å². The molecule has 36 N–H and O–H groups in total. The number of hydrogen-bond acceptors (Lipinski definition) is 55. The van der Waals surface area contributed by atoms with Crippen LogP contribution in [0.1, 0.15) is 47.5 Å². The summed E-state index contributed by atoms with van der Waals surface area (Å²) in [6.07, 6.45) is -98.7. The average Bonchev–Trinajstić information content (AvgIpc) is 0.770. The molecule has 57 nitrogen and oxygen atoms in total. The van der Waals surface area contributed by atoms with E-state index in [0.29, 0.717) is 0 Å². The fourth-order valence-electron chi connectivity index (χ4n) is 18.0. The first-order valence-corrected chi connectivity index (χ1v) is 43.7. The molecule has 0 radical (unpaired) electrons. The number of rotatable bonds is 37. The van der Waals surface area contributed by atoms with Gasteiger partial charge in [-0.2, -0.15) is 0 Å². The predicted molar refractivity (Wildman–Crippen MR) is 417 cm³/mol. The molecule has 57 heteroatoms. The molecule has 0 aromatic rings. The lowest BCUT2D eigenvalue weighted by molar-refractivity contribution is -0.402. The summed E-state index contributed by atoms with van der Waals surface area (Å²) < 4.78 is 125. The highest BCUT2D eigenvalue weighted by atomic mass is 16.8. The molecular weight excluding hydrogens is 1830 g/mol. The predicted octanol–water partition coefficient (Wildman–Crippen LogP) is -20.5. The molecule has 134 heavy (non-hydrogen) atoms. The smallest absolute Gasteiger partial charge is 0.364 e. The molecule has 11 aliphatic rings. The van der Waals surface area contributed by atoms with E-state index in [1.807, 2.05) is 0 Å². The summed E-state index contributed by atoms with van der Waals surface area (Å²) in [5.41, 5.74) is 11.9. The van der Waals surface area contributed by atoms with Crippen LogP contribution in [0.15, 0.2) is 0 Å². The van der Waals surface area contributed by atoms with Crippen LogP contribution in [0.3, 0.4) is 0 Å². The van der Waals surface area contributed by atoms with Crippen LogP contribution in [-0.2, 0) is 109 Å². The van der Waals surface area contributed by atoms with E-state index < -0.39 is 445 Å². The number of ether oxygens (including phenoxy) is 21. The maximum atomic E-state index is 12.8. The Balaban J connectivity index is 0.829. The van der Waals surface area contributed by atoms with Gasteiger partial charge in [-0.05, 0) is 6.92 Å². The average molecular weight is 1970 g/mol. The number of carboxylic acids is 2. The molecule has 24 unspecified atom stereocenters. The molecule has 11 aliphatic heterocycles. The molecule has 11 heterocycles. The van der Waals surface area contributed by atoms with E-state index in [-0.39, 0.29) is 0 Å². The van der Waals surface area contributed by atoms with Gasteiger partial charge in [-0.15, -0.1) is 0 Å². The molecule has 0 spiro atoms. The molecular formula is C77H132N2O55. The van der Waals surface area contributed by atoms with E-state index in [4.69, 9.17) is 111 Å². The quantitative estimate of drug-likeness (QED) is 0.0275. The lowest BCUT2D eigenvalue weighted by Gasteiger charge is -2.51. The number of hydrogen-bond donors (Lipinski definition) is 34. The van der Waals surface area contributed by atoms with Crippen LogP contribution < -0.4 is 11.5 Å². The minimum atomic E-state index is -2.97. The van der Waals surface area contributed by atoms with Crippen molar-refractivity contribution < 1.29 is 272 Å². The first-order chi connectivity index (χ1) is 63.2. The number of aliphatic hydroxyl groups is 30. The van der Waals surface area contributed by atoms with Gasteiger partial charge in [0.15, 0.2) is 50.3 Å². The molecule has 57 atom stereocenters. The number of carbonyl (C=O) groups is 2. The highest BCUT2D eigenvalue weighted by molar-refractivity contribution is 5.76. The maximum absolute atomic E-state index is 12.8. The zero-order chi connectivity index (χ0) is 99.0. The summed E-state index contributed by atoms with van der Waals surface area (Å²) in [6.45, 7) is -4.65. The fraction of sp³-hybridized carbons (Fsp3) is 0.974. The van der Waals surface area contributed by atoms with Gasteiger partial charge in [0.25, 0.3) is 11.6 Å². The topological polar surface area (TPSA) is 927 Å². The second-order valence-corrected chi connectivity index (χ2v) is 35.7. The van der Waals surface area contributed by atoms with Crippen LogP contribution in [0, 0.1) is 23.7 Å². The minimum Gasteiger partial charge on any atom is -0.477 e. The van der Waals surface area contributed by atoms with Crippen molar-refractivity contribution in [3.63, 3.8) is 0 Å². The Hall–Kier alpha value is -3.18. The Morgan fingerprint density at radius 2 is 0.590 bits per heavy atom. The van der Waals surface area contributed by atoms with Gasteiger partial charge in [0.1, 0.15) is 208 Å². The van der Waals surface area contributed by atoms with Crippen molar-refractivity contribution in [3.8, 4) is 0 Å². The van der Waals surface area contributed by atoms with Gasteiger partial charge in [0, 0.05) is 36.5 Å².